The van der Waals surface area contributed by atoms with Crippen LogP contribution in [0.2, 0.25) is 0 Å². The molecule has 1 fully saturated rings. The Morgan fingerprint density at radius 3 is 2.88 bits per heavy atom. The number of benzene rings is 1. The average molecular weight is 396 g/mol. The summed E-state index contributed by atoms with van der Waals surface area (Å²) in [6.07, 6.45) is 2.06. The van der Waals surface area contributed by atoms with E-state index in [2.05, 4.69) is 10.2 Å². The first kappa shape index (κ1) is 18.7. The minimum atomic E-state index is -3.02. The number of hydrogen-bond acceptors (Lipinski definition) is 7. The third-order valence-electron chi connectivity index (χ3n) is 4.34. The van der Waals surface area contributed by atoms with Gasteiger partial charge in [0, 0.05) is 13.1 Å². The van der Waals surface area contributed by atoms with Crippen LogP contribution >= 0.6 is 11.8 Å². The Morgan fingerprint density at radius 2 is 2.19 bits per heavy atom. The molecular formula is C16H20N4O4S2. The van der Waals surface area contributed by atoms with Gasteiger partial charge < -0.3 is 9.64 Å². The van der Waals surface area contributed by atoms with Gasteiger partial charge in [-0.1, -0.05) is 23.9 Å². The van der Waals surface area contributed by atoms with Crippen LogP contribution in [-0.4, -0.2) is 71.4 Å². The summed E-state index contributed by atoms with van der Waals surface area (Å²) in [7, 11) is 0.216. The number of hydrogen-bond donors (Lipinski definition) is 0. The van der Waals surface area contributed by atoms with Crippen molar-refractivity contribution >= 4 is 27.5 Å². The topological polar surface area (TPSA) is 94.4 Å². The highest BCUT2D eigenvalue weighted by atomic mass is 32.2. The second-order valence-corrected chi connectivity index (χ2v) is 9.18. The van der Waals surface area contributed by atoms with Crippen molar-refractivity contribution in [2.24, 2.45) is 0 Å². The van der Waals surface area contributed by atoms with Crippen LogP contribution < -0.4 is 4.74 Å². The summed E-state index contributed by atoms with van der Waals surface area (Å²) in [5.41, 5.74) is 0.783. The molecule has 1 atom stereocenters. The molecule has 1 amide bonds. The standard InChI is InChI=1S/C16H20N4O4S2/c1-19(12-7-8-26(22,23)10-12)15(21)9-25-16-18-17-11-20(16)13-5-3-4-6-14(13)24-2/h3-6,11-12H,7-10H2,1-2H3. The molecule has 1 aliphatic rings. The molecule has 1 aromatic carbocycles. The third-order valence-corrected chi connectivity index (χ3v) is 7.01. The number of carbonyl (C=O) groups excluding carboxylic acids is 1. The van der Waals surface area contributed by atoms with Gasteiger partial charge in [0.15, 0.2) is 15.0 Å². The molecule has 0 aliphatic carbocycles. The van der Waals surface area contributed by atoms with Crippen LogP contribution in [0.5, 0.6) is 5.75 Å². The lowest BCUT2D eigenvalue weighted by atomic mass is 10.2. The number of carbonyl (C=O) groups is 1. The maximum absolute atomic E-state index is 12.4. The second kappa shape index (κ2) is 7.67. The number of ether oxygens (including phenoxy) is 1. The van der Waals surface area contributed by atoms with E-state index in [1.165, 1.54) is 16.7 Å². The quantitative estimate of drug-likeness (QED) is 0.673. The number of rotatable bonds is 6. The molecule has 0 saturated carbocycles. The number of amides is 1. The molecule has 140 valence electrons. The van der Waals surface area contributed by atoms with Crippen molar-refractivity contribution in [2.75, 3.05) is 31.4 Å². The molecule has 1 saturated heterocycles. The van der Waals surface area contributed by atoms with E-state index in [9.17, 15) is 13.2 Å². The van der Waals surface area contributed by atoms with Crippen LogP contribution in [0.3, 0.4) is 0 Å². The third kappa shape index (κ3) is 4.01. The summed E-state index contributed by atoms with van der Waals surface area (Å²) in [6, 6.07) is 7.21. The fraction of sp³-hybridized carbons (Fsp3) is 0.438. The number of aromatic nitrogens is 3. The molecule has 10 heteroatoms. The summed E-state index contributed by atoms with van der Waals surface area (Å²) in [4.78, 5) is 14.0. The van der Waals surface area contributed by atoms with Crippen LogP contribution in [0.1, 0.15) is 6.42 Å². The average Bonchev–Trinajstić information content (AvgIpc) is 3.24. The van der Waals surface area contributed by atoms with Crippen molar-refractivity contribution in [3.8, 4) is 11.4 Å². The summed E-state index contributed by atoms with van der Waals surface area (Å²) in [5.74, 6) is 0.878. The van der Waals surface area contributed by atoms with E-state index in [1.54, 1.807) is 25.1 Å². The van der Waals surface area contributed by atoms with Crippen molar-refractivity contribution in [1.82, 2.24) is 19.7 Å². The molecule has 1 unspecified atom stereocenters. The highest BCUT2D eigenvalue weighted by Gasteiger charge is 2.32. The van der Waals surface area contributed by atoms with Gasteiger partial charge in [0.05, 0.1) is 30.1 Å². The van der Waals surface area contributed by atoms with E-state index in [0.29, 0.717) is 17.3 Å². The highest BCUT2D eigenvalue weighted by molar-refractivity contribution is 7.99. The summed E-state index contributed by atoms with van der Waals surface area (Å²) < 4.78 is 30.3. The predicted octanol–water partition coefficient (Wildman–Crippen LogP) is 1.01. The fourth-order valence-corrected chi connectivity index (χ4v) is 5.45. The first-order valence-electron chi connectivity index (χ1n) is 8.03. The molecule has 3 rings (SSSR count). The van der Waals surface area contributed by atoms with Crippen molar-refractivity contribution in [2.45, 2.75) is 17.6 Å². The van der Waals surface area contributed by atoms with Gasteiger partial charge in [-0.05, 0) is 18.6 Å². The van der Waals surface area contributed by atoms with Gasteiger partial charge in [-0.3, -0.25) is 9.36 Å². The van der Waals surface area contributed by atoms with Crippen molar-refractivity contribution < 1.29 is 17.9 Å². The smallest absolute Gasteiger partial charge is 0.233 e. The summed E-state index contributed by atoms with van der Waals surface area (Å²) >= 11 is 1.26. The fourth-order valence-electron chi connectivity index (χ4n) is 2.83. The van der Waals surface area contributed by atoms with Crippen LogP contribution in [0.4, 0.5) is 0 Å². The van der Waals surface area contributed by atoms with Crippen LogP contribution in [0.25, 0.3) is 5.69 Å². The van der Waals surface area contributed by atoms with Crippen LogP contribution in [0.15, 0.2) is 35.7 Å². The largest absolute Gasteiger partial charge is 0.495 e. The van der Waals surface area contributed by atoms with Crippen molar-refractivity contribution in [3.05, 3.63) is 30.6 Å². The second-order valence-electron chi connectivity index (χ2n) is 6.01. The SMILES string of the molecule is COc1ccccc1-n1cnnc1SCC(=O)N(C)C1CCS(=O)(=O)C1. The van der Waals surface area contributed by atoms with Crippen LogP contribution in [-0.2, 0) is 14.6 Å². The molecule has 0 bridgehead atoms. The van der Waals surface area contributed by atoms with Crippen molar-refractivity contribution in [3.63, 3.8) is 0 Å². The van der Waals surface area contributed by atoms with Gasteiger partial charge in [0.2, 0.25) is 5.91 Å². The molecule has 0 N–H and O–H groups in total. The minimum Gasteiger partial charge on any atom is -0.495 e. The lowest BCUT2D eigenvalue weighted by Gasteiger charge is -2.23. The predicted molar refractivity (Wildman–Crippen MR) is 98.5 cm³/mol. The number of nitrogens with zero attached hydrogens (tertiary/aromatic N) is 4. The Kier molecular flexibility index (Phi) is 5.52. The number of sulfone groups is 1. The summed E-state index contributed by atoms with van der Waals surface area (Å²) in [5, 5.41) is 8.56. The molecular weight excluding hydrogens is 376 g/mol. The zero-order valence-electron chi connectivity index (χ0n) is 14.5. The van der Waals surface area contributed by atoms with E-state index in [-0.39, 0.29) is 29.2 Å². The number of thioether (sulfide) groups is 1. The van der Waals surface area contributed by atoms with Gasteiger partial charge in [0.25, 0.3) is 0 Å². The van der Waals surface area contributed by atoms with Gasteiger partial charge in [0.1, 0.15) is 12.1 Å². The Labute approximate surface area is 156 Å². The molecule has 1 aromatic heterocycles. The zero-order chi connectivity index (χ0) is 18.7. The highest BCUT2D eigenvalue weighted by Crippen LogP contribution is 2.27. The van der Waals surface area contributed by atoms with Gasteiger partial charge in [-0.25, -0.2) is 8.42 Å². The lowest BCUT2D eigenvalue weighted by molar-refractivity contribution is -0.128. The maximum atomic E-state index is 12.4. The molecule has 0 radical (unpaired) electrons. The first-order valence-corrected chi connectivity index (χ1v) is 10.8. The Bertz CT molecular complexity index is 897. The molecule has 8 nitrogen and oxygen atoms in total. The molecule has 2 heterocycles. The number of methoxy groups -OCH3 is 1. The molecule has 1 aliphatic heterocycles. The minimum absolute atomic E-state index is 0.0390. The molecule has 2 aromatic rings. The lowest BCUT2D eigenvalue weighted by Crippen LogP contribution is -2.38. The van der Waals surface area contributed by atoms with Gasteiger partial charge in [-0.15, -0.1) is 10.2 Å². The monoisotopic (exact) mass is 396 g/mol. The van der Waals surface area contributed by atoms with E-state index in [1.807, 2.05) is 24.3 Å². The van der Waals surface area contributed by atoms with E-state index >= 15 is 0 Å². The number of para-hydroxylation sites is 2. The Morgan fingerprint density at radius 1 is 1.42 bits per heavy atom. The maximum Gasteiger partial charge on any atom is 0.233 e. The summed E-state index contributed by atoms with van der Waals surface area (Å²) in [6.45, 7) is 0. The van der Waals surface area contributed by atoms with E-state index in [0.717, 1.165) is 5.69 Å². The Hall–Kier alpha value is -2.07. The molecule has 26 heavy (non-hydrogen) atoms. The Balaban J connectivity index is 1.68. The van der Waals surface area contributed by atoms with E-state index in [4.69, 9.17) is 4.74 Å². The van der Waals surface area contributed by atoms with Gasteiger partial charge in [-0.2, -0.15) is 0 Å². The van der Waals surface area contributed by atoms with Crippen molar-refractivity contribution in [1.29, 1.82) is 0 Å². The van der Waals surface area contributed by atoms with Crippen LogP contribution in [0, 0.1) is 0 Å². The molecule has 0 spiro atoms. The first-order chi connectivity index (χ1) is 12.4. The van der Waals surface area contributed by atoms with Gasteiger partial charge >= 0.3 is 0 Å². The van der Waals surface area contributed by atoms with E-state index < -0.39 is 9.84 Å². The normalized spacial score (nSPS) is 18.6. The zero-order valence-corrected chi connectivity index (χ0v) is 16.2.